The number of carbonyl (C=O) groups is 1. The largest absolute Gasteiger partial charge is 0.338 e. The number of nitrogens with one attached hydrogen (secondary N) is 1. The fraction of sp³-hybridized carbons (Fsp3) is 0.316. The van der Waals surface area contributed by atoms with E-state index in [0.29, 0.717) is 31.6 Å². The maximum absolute atomic E-state index is 13.7. The van der Waals surface area contributed by atoms with Crippen LogP contribution in [0, 0.1) is 5.82 Å². The molecule has 0 spiro atoms. The third kappa shape index (κ3) is 4.89. The van der Waals surface area contributed by atoms with Crippen LogP contribution in [0.25, 0.3) is 0 Å². The predicted molar refractivity (Wildman–Crippen MR) is 108 cm³/mol. The zero-order chi connectivity index (χ0) is 20.1. The van der Waals surface area contributed by atoms with Crippen LogP contribution in [-0.2, 0) is 16.4 Å². The van der Waals surface area contributed by atoms with E-state index >= 15 is 0 Å². The third-order valence-electron chi connectivity index (χ3n) is 4.59. The number of nitrogens with zero attached hydrogens (tertiary/aromatic N) is 2. The molecule has 9 heteroatoms. The van der Waals surface area contributed by atoms with Crippen molar-refractivity contribution < 1.29 is 17.6 Å². The molecule has 2 aromatic rings. The van der Waals surface area contributed by atoms with Gasteiger partial charge in [0, 0.05) is 37.2 Å². The minimum atomic E-state index is -3.54. The van der Waals surface area contributed by atoms with Gasteiger partial charge in [-0.1, -0.05) is 34.1 Å². The first-order chi connectivity index (χ1) is 13.4. The van der Waals surface area contributed by atoms with Crippen LogP contribution in [0.1, 0.15) is 5.56 Å². The van der Waals surface area contributed by atoms with Crippen molar-refractivity contribution in [1.82, 2.24) is 14.5 Å². The van der Waals surface area contributed by atoms with Crippen molar-refractivity contribution in [2.45, 2.75) is 11.3 Å². The summed E-state index contributed by atoms with van der Waals surface area (Å²) >= 11 is 3.30. The molecule has 0 bridgehead atoms. The third-order valence-corrected chi connectivity index (χ3v) is 6.99. The fourth-order valence-corrected chi connectivity index (χ4v) is 4.88. The maximum atomic E-state index is 13.7. The molecule has 0 unspecified atom stereocenters. The molecule has 1 heterocycles. The van der Waals surface area contributed by atoms with Gasteiger partial charge < -0.3 is 10.2 Å². The number of rotatable bonds is 5. The van der Waals surface area contributed by atoms with Crippen molar-refractivity contribution >= 4 is 32.0 Å². The van der Waals surface area contributed by atoms with Gasteiger partial charge in [0.2, 0.25) is 10.0 Å². The monoisotopic (exact) mass is 469 g/mol. The van der Waals surface area contributed by atoms with E-state index in [-0.39, 0.29) is 29.8 Å². The minimum absolute atomic E-state index is 0.241. The van der Waals surface area contributed by atoms with Crippen LogP contribution in [0.4, 0.5) is 9.18 Å². The maximum Gasteiger partial charge on any atom is 0.317 e. The van der Waals surface area contributed by atoms with Crippen molar-refractivity contribution in [3.05, 3.63) is 64.4 Å². The number of urea groups is 1. The van der Waals surface area contributed by atoms with Gasteiger partial charge in [0.25, 0.3) is 0 Å². The molecule has 6 nitrogen and oxygen atoms in total. The van der Waals surface area contributed by atoms with E-state index in [1.807, 2.05) is 0 Å². The Labute approximate surface area is 172 Å². The highest BCUT2D eigenvalue weighted by Gasteiger charge is 2.29. The van der Waals surface area contributed by atoms with Gasteiger partial charge in [-0.2, -0.15) is 4.31 Å². The summed E-state index contributed by atoms with van der Waals surface area (Å²) in [6, 6.07) is 12.7. The fourth-order valence-electron chi connectivity index (χ4n) is 3.02. The molecule has 2 aromatic carbocycles. The van der Waals surface area contributed by atoms with Crippen molar-refractivity contribution in [2.75, 3.05) is 32.7 Å². The quantitative estimate of drug-likeness (QED) is 0.731. The van der Waals surface area contributed by atoms with Gasteiger partial charge in [-0.3, -0.25) is 0 Å². The van der Waals surface area contributed by atoms with E-state index in [4.69, 9.17) is 0 Å². The van der Waals surface area contributed by atoms with Crippen molar-refractivity contribution in [1.29, 1.82) is 0 Å². The Morgan fingerprint density at radius 2 is 1.75 bits per heavy atom. The van der Waals surface area contributed by atoms with Crippen LogP contribution in [0.15, 0.2) is 57.9 Å². The first-order valence-electron chi connectivity index (χ1n) is 8.90. The number of amides is 2. The Hall–Kier alpha value is -1.97. The van der Waals surface area contributed by atoms with E-state index in [9.17, 15) is 17.6 Å². The zero-order valence-electron chi connectivity index (χ0n) is 15.1. The highest BCUT2D eigenvalue weighted by Crippen LogP contribution is 2.18. The van der Waals surface area contributed by atoms with Gasteiger partial charge >= 0.3 is 6.03 Å². The molecule has 0 saturated carbocycles. The smallest absolute Gasteiger partial charge is 0.317 e. The summed E-state index contributed by atoms with van der Waals surface area (Å²) in [7, 11) is -3.54. The van der Waals surface area contributed by atoms with Gasteiger partial charge in [0.15, 0.2) is 0 Å². The van der Waals surface area contributed by atoms with E-state index in [1.165, 1.54) is 10.4 Å². The van der Waals surface area contributed by atoms with E-state index < -0.39 is 10.0 Å². The summed E-state index contributed by atoms with van der Waals surface area (Å²) in [6.07, 6.45) is 0.374. The minimum Gasteiger partial charge on any atom is -0.338 e. The lowest BCUT2D eigenvalue weighted by molar-refractivity contribution is 0.172. The lowest BCUT2D eigenvalue weighted by Gasteiger charge is -2.34. The molecule has 1 aliphatic heterocycles. The number of hydrogen-bond acceptors (Lipinski definition) is 3. The first-order valence-corrected chi connectivity index (χ1v) is 11.1. The zero-order valence-corrected chi connectivity index (χ0v) is 17.5. The van der Waals surface area contributed by atoms with Crippen LogP contribution in [-0.4, -0.2) is 56.4 Å². The SMILES string of the molecule is O=C(NCCc1cc(Br)ccc1F)N1CCN(S(=O)(=O)c2ccccc2)CC1. The number of benzene rings is 2. The molecule has 150 valence electrons. The van der Waals surface area contributed by atoms with Crippen LogP contribution in [0.2, 0.25) is 0 Å². The average Bonchev–Trinajstić information content (AvgIpc) is 2.71. The van der Waals surface area contributed by atoms with E-state index in [2.05, 4.69) is 21.2 Å². The predicted octanol–water partition coefficient (Wildman–Crippen LogP) is 2.85. The van der Waals surface area contributed by atoms with Crippen LogP contribution >= 0.6 is 15.9 Å². The molecule has 28 heavy (non-hydrogen) atoms. The average molecular weight is 470 g/mol. The highest BCUT2D eigenvalue weighted by atomic mass is 79.9. The second-order valence-electron chi connectivity index (χ2n) is 6.42. The molecule has 1 N–H and O–H groups in total. The molecule has 2 amide bonds. The Morgan fingerprint density at radius 1 is 1.07 bits per heavy atom. The number of sulfonamides is 1. The normalized spacial score (nSPS) is 15.4. The molecule has 0 aliphatic carbocycles. The Balaban J connectivity index is 1.49. The number of halogens is 2. The second-order valence-corrected chi connectivity index (χ2v) is 9.28. The summed E-state index contributed by atoms with van der Waals surface area (Å²) in [6.45, 7) is 1.40. The van der Waals surface area contributed by atoms with Crippen LogP contribution < -0.4 is 5.32 Å². The second kappa shape index (κ2) is 9.02. The standard InChI is InChI=1S/C19H21BrFN3O3S/c20-16-6-7-18(21)15(14-16)8-9-22-19(25)23-10-12-24(13-11-23)28(26,27)17-4-2-1-3-5-17/h1-7,14H,8-13H2,(H,22,25). The molecular formula is C19H21BrFN3O3S. The molecule has 1 saturated heterocycles. The van der Waals surface area contributed by atoms with Crippen LogP contribution in [0.3, 0.4) is 0 Å². The summed E-state index contributed by atoms with van der Waals surface area (Å²) < 4.78 is 41.2. The topological polar surface area (TPSA) is 69.7 Å². The number of hydrogen-bond donors (Lipinski definition) is 1. The Morgan fingerprint density at radius 3 is 2.43 bits per heavy atom. The van der Waals surface area contributed by atoms with Gasteiger partial charge in [-0.15, -0.1) is 0 Å². The Kier molecular flexibility index (Phi) is 6.69. The van der Waals surface area contributed by atoms with Crippen molar-refractivity contribution in [2.24, 2.45) is 0 Å². The van der Waals surface area contributed by atoms with Crippen molar-refractivity contribution in [3.63, 3.8) is 0 Å². The first kappa shape index (κ1) is 20.8. The lowest BCUT2D eigenvalue weighted by Crippen LogP contribution is -2.53. The summed E-state index contributed by atoms with van der Waals surface area (Å²) in [5, 5.41) is 2.77. The highest BCUT2D eigenvalue weighted by molar-refractivity contribution is 9.10. The van der Waals surface area contributed by atoms with Gasteiger partial charge in [-0.05, 0) is 42.3 Å². The summed E-state index contributed by atoms with van der Waals surface area (Å²) in [5.41, 5.74) is 0.522. The Bertz CT molecular complexity index is 933. The van der Waals surface area contributed by atoms with Gasteiger partial charge in [0.1, 0.15) is 5.82 Å². The molecular weight excluding hydrogens is 449 g/mol. The molecule has 3 rings (SSSR count). The van der Waals surface area contributed by atoms with Crippen molar-refractivity contribution in [3.8, 4) is 0 Å². The number of piperazine rings is 1. The number of carbonyl (C=O) groups excluding carboxylic acids is 1. The molecule has 0 radical (unpaired) electrons. The van der Waals surface area contributed by atoms with Gasteiger partial charge in [-0.25, -0.2) is 17.6 Å². The molecule has 1 aliphatic rings. The van der Waals surface area contributed by atoms with E-state index in [1.54, 1.807) is 47.4 Å². The van der Waals surface area contributed by atoms with Gasteiger partial charge in [0.05, 0.1) is 4.90 Å². The van der Waals surface area contributed by atoms with E-state index in [0.717, 1.165) is 4.47 Å². The molecule has 0 atom stereocenters. The molecule has 1 fully saturated rings. The molecule has 0 aromatic heterocycles. The summed E-state index contributed by atoms with van der Waals surface area (Å²) in [5.74, 6) is -0.308. The van der Waals surface area contributed by atoms with Crippen LogP contribution in [0.5, 0.6) is 0 Å². The summed E-state index contributed by atoms with van der Waals surface area (Å²) in [4.78, 5) is 14.1. The lowest BCUT2D eigenvalue weighted by atomic mass is 10.1.